The SMILES string of the molecule is CCN(C(=O)c1cccc(F)c1NN)c1ccccc1F. The summed E-state index contributed by atoms with van der Waals surface area (Å²) in [6.45, 7) is 1.94. The van der Waals surface area contributed by atoms with Gasteiger partial charge in [0.15, 0.2) is 0 Å². The van der Waals surface area contributed by atoms with Gasteiger partial charge in [0, 0.05) is 6.54 Å². The molecule has 0 aromatic heterocycles. The molecule has 0 fully saturated rings. The third-order valence-corrected chi connectivity index (χ3v) is 3.09. The Morgan fingerprint density at radius 2 is 1.81 bits per heavy atom. The van der Waals surface area contributed by atoms with E-state index in [9.17, 15) is 13.6 Å². The molecule has 2 aromatic rings. The van der Waals surface area contributed by atoms with E-state index in [-0.39, 0.29) is 23.5 Å². The van der Waals surface area contributed by atoms with Crippen molar-refractivity contribution < 1.29 is 13.6 Å². The molecule has 0 unspecified atom stereocenters. The molecule has 110 valence electrons. The number of benzene rings is 2. The van der Waals surface area contributed by atoms with Crippen LogP contribution in [0, 0.1) is 11.6 Å². The van der Waals surface area contributed by atoms with Gasteiger partial charge in [-0.1, -0.05) is 18.2 Å². The molecule has 0 spiro atoms. The molecular formula is C15H15F2N3O. The van der Waals surface area contributed by atoms with Crippen molar-refractivity contribution in [1.82, 2.24) is 0 Å². The van der Waals surface area contributed by atoms with Crippen molar-refractivity contribution in [3.8, 4) is 0 Å². The Bertz CT molecular complexity index is 661. The molecule has 21 heavy (non-hydrogen) atoms. The average Bonchev–Trinajstić information content (AvgIpc) is 2.49. The molecule has 1 amide bonds. The van der Waals surface area contributed by atoms with E-state index in [0.29, 0.717) is 0 Å². The Labute approximate surface area is 121 Å². The largest absolute Gasteiger partial charge is 0.321 e. The van der Waals surface area contributed by atoms with Crippen LogP contribution in [0.3, 0.4) is 0 Å². The fourth-order valence-corrected chi connectivity index (χ4v) is 2.09. The van der Waals surface area contributed by atoms with Crippen LogP contribution in [0.15, 0.2) is 42.5 Å². The predicted molar refractivity (Wildman–Crippen MR) is 78.0 cm³/mol. The highest BCUT2D eigenvalue weighted by Crippen LogP contribution is 2.25. The summed E-state index contributed by atoms with van der Waals surface area (Å²) in [5.74, 6) is 3.56. The lowest BCUT2D eigenvalue weighted by atomic mass is 10.1. The van der Waals surface area contributed by atoms with Gasteiger partial charge in [-0.15, -0.1) is 0 Å². The van der Waals surface area contributed by atoms with E-state index in [1.165, 1.54) is 41.3 Å². The summed E-state index contributed by atoms with van der Waals surface area (Å²) in [4.78, 5) is 13.8. The molecule has 2 rings (SSSR count). The molecule has 0 aliphatic rings. The highest BCUT2D eigenvalue weighted by atomic mass is 19.1. The van der Waals surface area contributed by atoms with Crippen molar-refractivity contribution in [2.75, 3.05) is 16.9 Å². The number of carbonyl (C=O) groups excluding carboxylic acids is 1. The molecule has 4 nitrogen and oxygen atoms in total. The number of anilines is 2. The molecule has 0 heterocycles. The zero-order chi connectivity index (χ0) is 15.4. The second kappa shape index (κ2) is 6.32. The second-order valence-electron chi connectivity index (χ2n) is 4.31. The predicted octanol–water partition coefficient (Wildman–Crippen LogP) is 2.92. The van der Waals surface area contributed by atoms with Gasteiger partial charge in [0.05, 0.1) is 16.9 Å². The minimum Gasteiger partial charge on any atom is -0.321 e. The number of nitrogens with one attached hydrogen (secondary N) is 1. The van der Waals surface area contributed by atoms with Gasteiger partial charge in [-0.25, -0.2) is 8.78 Å². The first-order valence-electron chi connectivity index (χ1n) is 6.41. The fourth-order valence-electron chi connectivity index (χ4n) is 2.09. The van der Waals surface area contributed by atoms with E-state index in [1.54, 1.807) is 13.0 Å². The van der Waals surface area contributed by atoms with Crippen LogP contribution in [-0.4, -0.2) is 12.5 Å². The van der Waals surface area contributed by atoms with E-state index < -0.39 is 17.5 Å². The molecule has 0 radical (unpaired) electrons. The lowest BCUT2D eigenvalue weighted by Crippen LogP contribution is -2.32. The molecule has 0 atom stereocenters. The first-order chi connectivity index (χ1) is 10.1. The third-order valence-electron chi connectivity index (χ3n) is 3.09. The molecule has 0 aliphatic carbocycles. The number of hydrogen-bond donors (Lipinski definition) is 2. The first-order valence-corrected chi connectivity index (χ1v) is 6.41. The second-order valence-corrected chi connectivity index (χ2v) is 4.31. The summed E-state index contributed by atoms with van der Waals surface area (Å²) in [5, 5.41) is 0. The standard InChI is InChI=1S/C15H15F2N3O/c1-2-20(13-9-4-3-7-11(13)16)15(21)10-6-5-8-12(17)14(10)19-18/h3-9,19H,2,18H2,1H3. The molecule has 0 saturated heterocycles. The van der Waals surface area contributed by atoms with Crippen LogP contribution < -0.4 is 16.2 Å². The number of halogens is 2. The molecule has 2 aromatic carbocycles. The summed E-state index contributed by atoms with van der Waals surface area (Å²) >= 11 is 0. The van der Waals surface area contributed by atoms with Gasteiger partial charge in [0.25, 0.3) is 5.91 Å². The van der Waals surface area contributed by atoms with Crippen LogP contribution in [0.25, 0.3) is 0 Å². The van der Waals surface area contributed by atoms with E-state index in [2.05, 4.69) is 5.43 Å². The summed E-state index contributed by atoms with van der Waals surface area (Å²) in [5.41, 5.74) is 2.24. The summed E-state index contributed by atoms with van der Waals surface area (Å²) < 4.78 is 27.5. The van der Waals surface area contributed by atoms with Gasteiger partial charge in [-0.2, -0.15) is 0 Å². The fraction of sp³-hybridized carbons (Fsp3) is 0.133. The van der Waals surface area contributed by atoms with Gasteiger partial charge in [0.1, 0.15) is 11.6 Å². The maximum absolute atomic E-state index is 13.9. The van der Waals surface area contributed by atoms with E-state index in [1.807, 2.05) is 0 Å². The van der Waals surface area contributed by atoms with Crippen molar-refractivity contribution >= 4 is 17.3 Å². The van der Waals surface area contributed by atoms with Crippen LogP contribution in [0.5, 0.6) is 0 Å². The smallest absolute Gasteiger partial charge is 0.260 e. The van der Waals surface area contributed by atoms with Gasteiger partial charge < -0.3 is 10.3 Å². The van der Waals surface area contributed by atoms with Crippen molar-refractivity contribution in [3.63, 3.8) is 0 Å². The van der Waals surface area contributed by atoms with E-state index in [4.69, 9.17) is 5.84 Å². The Kier molecular flexibility index (Phi) is 4.49. The monoisotopic (exact) mass is 291 g/mol. The highest BCUT2D eigenvalue weighted by Gasteiger charge is 2.22. The first kappa shape index (κ1) is 14.9. The number of para-hydroxylation sites is 2. The third kappa shape index (κ3) is 2.85. The van der Waals surface area contributed by atoms with Crippen molar-refractivity contribution in [3.05, 3.63) is 59.7 Å². The Morgan fingerprint density at radius 1 is 1.14 bits per heavy atom. The van der Waals surface area contributed by atoms with Gasteiger partial charge >= 0.3 is 0 Å². The van der Waals surface area contributed by atoms with Crippen molar-refractivity contribution in [1.29, 1.82) is 0 Å². The molecule has 0 aliphatic heterocycles. The molecular weight excluding hydrogens is 276 g/mol. The molecule has 3 N–H and O–H groups in total. The number of hydrazine groups is 1. The Morgan fingerprint density at radius 3 is 2.43 bits per heavy atom. The molecule has 6 heteroatoms. The Hall–Kier alpha value is -2.47. The number of nitrogens with two attached hydrogens (primary N) is 1. The van der Waals surface area contributed by atoms with Crippen molar-refractivity contribution in [2.24, 2.45) is 5.84 Å². The minimum atomic E-state index is -0.645. The molecule has 0 bridgehead atoms. The van der Waals surface area contributed by atoms with Crippen LogP contribution in [0.4, 0.5) is 20.2 Å². The van der Waals surface area contributed by atoms with Gasteiger partial charge in [0.2, 0.25) is 0 Å². The summed E-state index contributed by atoms with van der Waals surface area (Å²) in [6.07, 6.45) is 0. The topological polar surface area (TPSA) is 58.4 Å². The summed E-state index contributed by atoms with van der Waals surface area (Å²) in [6, 6.07) is 9.94. The zero-order valence-electron chi connectivity index (χ0n) is 11.4. The van der Waals surface area contributed by atoms with E-state index >= 15 is 0 Å². The van der Waals surface area contributed by atoms with Crippen molar-refractivity contribution in [2.45, 2.75) is 6.92 Å². The maximum Gasteiger partial charge on any atom is 0.260 e. The van der Waals surface area contributed by atoms with Gasteiger partial charge in [-0.3, -0.25) is 10.6 Å². The quantitative estimate of drug-likeness (QED) is 0.672. The van der Waals surface area contributed by atoms with E-state index in [0.717, 1.165) is 0 Å². The van der Waals surface area contributed by atoms with Crippen LogP contribution in [-0.2, 0) is 0 Å². The minimum absolute atomic E-state index is 0.0441. The van der Waals surface area contributed by atoms with Crippen LogP contribution in [0.1, 0.15) is 17.3 Å². The number of nitrogens with zero attached hydrogens (tertiary/aromatic N) is 1. The maximum atomic E-state index is 13.9. The average molecular weight is 291 g/mol. The van der Waals surface area contributed by atoms with Crippen LogP contribution in [0.2, 0.25) is 0 Å². The molecule has 0 saturated carbocycles. The lowest BCUT2D eigenvalue weighted by molar-refractivity contribution is 0.0988. The number of rotatable bonds is 4. The Balaban J connectivity index is 2.47. The zero-order valence-corrected chi connectivity index (χ0v) is 11.4. The van der Waals surface area contributed by atoms with Gasteiger partial charge in [-0.05, 0) is 31.2 Å². The van der Waals surface area contributed by atoms with Crippen LogP contribution >= 0.6 is 0 Å². The number of nitrogen functional groups attached to an aromatic ring is 1. The summed E-state index contributed by atoms with van der Waals surface area (Å²) in [7, 11) is 0. The number of carbonyl (C=O) groups is 1. The number of hydrogen-bond acceptors (Lipinski definition) is 3. The normalized spacial score (nSPS) is 10.3. The lowest BCUT2D eigenvalue weighted by Gasteiger charge is -2.22. The number of amides is 1. The highest BCUT2D eigenvalue weighted by molar-refractivity contribution is 6.09.